The summed E-state index contributed by atoms with van der Waals surface area (Å²) in [6.07, 6.45) is -3.87. The number of fused-ring (bicyclic) bond motifs is 1. The normalized spacial score (nSPS) is 27.4. The van der Waals surface area contributed by atoms with Gasteiger partial charge >= 0.3 is 6.18 Å². The van der Waals surface area contributed by atoms with Crippen molar-refractivity contribution < 1.29 is 27.8 Å². The van der Waals surface area contributed by atoms with Gasteiger partial charge in [0.1, 0.15) is 5.75 Å². The van der Waals surface area contributed by atoms with Crippen molar-refractivity contribution >= 4 is 11.6 Å². The van der Waals surface area contributed by atoms with Crippen LogP contribution in [-0.4, -0.2) is 40.2 Å². The highest BCUT2D eigenvalue weighted by Gasteiger charge is 2.68. The van der Waals surface area contributed by atoms with Crippen LogP contribution in [0.1, 0.15) is 42.9 Å². The van der Waals surface area contributed by atoms with E-state index in [0.29, 0.717) is 18.6 Å². The zero-order chi connectivity index (χ0) is 20.9. The highest BCUT2D eigenvalue weighted by atomic mass is 19.4. The molecule has 154 valence electrons. The van der Waals surface area contributed by atoms with E-state index < -0.39 is 30.3 Å². The van der Waals surface area contributed by atoms with Gasteiger partial charge in [-0.3, -0.25) is 4.79 Å². The van der Waals surface area contributed by atoms with Crippen LogP contribution in [0.4, 0.5) is 13.2 Å². The number of nitrogens with zero attached hydrogens (tertiary/aromatic N) is 2. The minimum Gasteiger partial charge on any atom is -0.483 e. The molecule has 8 heteroatoms. The Morgan fingerprint density at radius 3 is 2.50 bits per heavy atom. The minimum atomic E-state index is -5.02. The molecule has 1 aromatic carbocycles. The number of rotatable bonds is 3. The van der Waals surface area contributed by atoms with Gasteiger partial charge in [0.25, 0.3) is 11.6 Å². The lowest BCUT2D eigenvalue weighted by Gasteiger charge is -2.39. The van der Waals surface area contributed by atoms with E-state index in [1.54, 1.807) is 13.8 Å². The Bertz CT molecular complexity index is 798. The number of carbonyl (C=O) groups is 1. The molecule has 1 aliphatic heterocycles. The van der Waals surface area contributed by atoms with Crippen LogP contribution in [0.5, 0.6) is 5.75 Å². The lowest BCUT2D eigenvalue weighted by molar-refractivity contribution is -0.318. The van der Waals surface area contributed by atoms with Gasteiger partial charge in [0.05, 0.1) is 5.92 Å². The molecule has 0 saturated heterocycles. The molecule has 28 heavy (non-hydrogen) atoms. The Balaban J connectivity index is 1.85. The van der Waals surface area contributed by atoms with Crippen LogP contribution in [0, 0.1) is 32.6 Å². The predicted octanol–water partition coefficient (Wildman–Crippen LogP) is 3.88. The van der Waals surface area contributed by atoms with Gasteiger partial charge in [0.2, 0.25) is 0 Å². The van der Waals surface area contributed by atoms with Crippen LogP contribution in [0.15, 0.2) is 17.2 Å². The minimum absolute atomic E-state index is 0.0157. The molecule has 0 unspecified atom stereocenters. The van der Waals surface area contributed by atoms with Crippen molar-refractivity contribution in [1.82, 2.24) is 5.01 Å². The molecule has 1 aliphatic carbocycles. The maximum atomic E-state index is 13.8. The molecule has 1 fully saturated rings. The summed E-state index contributed by atoms with van der Waals surface area (Å²) in [4.78, 5) is 12.6. The van der Waals surface area contributed by atoms with Crippen molar-refractivity contribution in [3.05, 3.63) is 28.8 Å². The summed E-state index contributed by atoms with van der Waals surface area (Å²) < 4.78 is 47.0. The molecule has 3 rings (SSSR count). The summed E-state index contributed by atoms with van der Waals surface area (Å²) in [5.74, 6) is -1.79. The van der Waals surface area contributed by atoms with Gasteiger partial charge in [-0.2, -0.15) is 23.3 Å². The zero-order valence-corrected chi connectivity index (χ0v) is 16.4. The van der Waals surface area contributed by atoms with E-state index in [9.17, 15) is 23.1 Å². The Hall–Kier alpha value is -2.09. The average molecular weight is 398 g/mol. The van der Waals surface area contributed by atoms with Gasteiger partial charge < -0.3 is 9.84 Å². The molecule has 0 aromatic heterocycles. The van der Waals surface area contributed by atoms with Crippen molar-refractivity contribution in [3.63, 3.8) is 0 Å². The molecule has 5 nitrogen and oxygen atoms in total. The molecular formula is C20H25F3N2O3. The van der Waals surface area contributed by atoms with Crippen LogP contribution in [-0.2, 0) is 4.79 Å². The van der Waals surface area contributed by atoms with Crippen molar-refractivity contribution in [2.24, 2.45) is 16.9 Å². The second-order valence-electron chi connectivity index (χ2n) is 7.97. The van der Waals surface area contributed by atoms with Crippen LogP contribution < -0.4 is 4.74 Å². The van der Waals surface area contributed by atoms with Gasteiger partial charge in [-0.1, -0.05) is 24.6 Å². The predicted molar refractivity (Wildman–Crippen MR) is 97.9 cm³/mol. The summed E-state index contributed by atoms with van der Waals surface area (Å²) in [5, 5.41) is 14.7. The summed E-state index contributed by atoms with van der Waals surface area (Å²) in [5.41, 5.74) is -0.508. The number of hydrogen-bond donors (Lipinski definition) is 1. The number of ether oxygens (including phenoxy) is 1. The van der Waals surface area contributed by atoms with Crippen LogP contribution in [0.25, 0.3) is 0 Å². The van der Waals surface area contributed by atoms with Gasteiger partial charge in [-0.15, -0.1) is 0 Å². The Morgan fingerprint density at radius 2 is 1.93 bits per heavy atom. The Kier molecular flexibility index (Phi) is 5.20. The fourth-order valence-electron chi connectivity index (χ4n) is 4.25. The average Bonchev–Trinajstić information content (AvgIpc) is 2.87. The summed E-state index contributed by atoms with van der Waals surface area (Å²) >= 11 is 0. The summed E-state index contributed by atoms with van der Waals surface area (Å²) in [6, 6.07) is 3.73. The molecule has 2 aliphatic rings. The third kappa shape index (κ3) is 3.38. The third-order valence-electron chi connectivity index (χ3n) is 5.57. The number of hydrogen-bond acceptors (Lipinski definition) is 4. The van der Waals surface area contributed by atoms with Gasteiger partial charge in [-0.05, 0) is 57.1 Å². The molecule has 3 atom stereocenters. The third-order valence-corrected chi connectivity index (χ3v) is 5.57. The van der Waals surface area contributed by atoms with Crippen molar-refractivity contribution in [2.75, 3.05) is 6.61 Å². The maximum absolute atomic E-state index is 13.8. The van der Waals surface area contributed by atoms with E-state index in [2.05, 4.69) is 5.10 Å². The van der Waals surface area contributed by atoms with Gasteiger partial charge in [-0.25, -0.2) is 0 Å². The number of alkyl halides is 3. The quantitative estimate of drug-likeness (QED) is 0.841. The van der Waals surface area contributed by atoms with Gasteiger partial charge in [0.15, 0.2) is 6.61 Å². The van der Waals surface area contributed by atoms with Gasteiger partial charge in [0, 0.05) is 5.71 Å². The summed E-state index contributed by atoms with van der Waals surface area (Å²) in [6.45, 7) is 6.73. The van der Waals surface area contributed by atoms with Crippen molar-refractivity contribution in [1.29, 1.82) is 0 Å². The molecule has 1 heterocycles. The standard InChI is InChI=1S/C20H25F3N2O3/c1-11-5-6-16-15(9-11)19(27,20(21,22)23)25(24-16)17(26)10-28-18-13(3)7-12(2)8-14(18)4/h7-8,11,15,27H,5-6,9-10H2,1-4H3/t11-,15+,19+/m0/s1. The molecule has 0 bridgehead atoms. The Labute approximate surface area is 162 Å². The molecule has 0 spiro atoms. The van der Waals surface area contributed by atoms with E-state index in [4.69, 9.17) is 4.74 Å². The van der Waals surface area contributed by atoms with Crippen LogP contribution >= 0.6 is 0 Å². The number of halogens is 3. The highest BCUT2D eigenvalue weighted by Crippen LogP contribution is 2.49. The lowest BCUT2D eigenvalue weighted by Crippen LogP contribution is -2.62. The molecular weight excluding hydrogens is 373 g/mol. The molecule has 1 amide bonds. The van der Waals surface area contributed by atoms with E-state index >= 15 is 0 Å². The van der Waals surface area contributed by atoms with E-state index in [0.717, 1.165) is 16.7 Å². The first-order chi connectivity index (χ1) is 12.9. The SMILES string of the molecule is Cc1cc(C)c(OCC(=O)N2N=C3CC[C@H](C)C[C@H]3[C@@]2(O)C(F)(F)F)c(C)c1. The molecule has 0 radical (unpaired) electrons. The second kappa shape index (κ2) is 7.06. The highest BCUT2D eigenvalue weighted by molar-refractivity contribution is 5.93. The zero-order valence-electron chi connectivity index (χ0n) is 16.4. The topological polar surface area (TPSA) is 62.1 Å². The number of aliphatic hydroxyl groups is 1. The first-order valence-electron chi connectivity index (χ1n) is 9.35. The number of carbonyl (C=O) groups excluding carboxylic acids is 1. The molecule has 1 saturated carbocycles. The fraction of sp³-hybridized carbons (Fsp3) is 0.600. The molecule has 1 aromatic rings. The maximum Gasteiger partial charge on any atom is 0.439 e. The first kappa shape index (κ1) is 20.6. The Morgan fingerprint density at radius 1 is 1.32 bits per heavy atom. The largest absolute Gasteiger partial charge is 0.483 e. The number of aryl methyl sites for hydroxylation is 3. The first-order valence-corrected chi connectivity index (χ1v) is 9.35. The summed E-state index contributed by atoms with van der Waals surface area (Å²) in [7, 11) is 0. The monoisotopic (exact) mass is 398 g/mol. The van der Waals surface area contributed by atoms with Crippen LogP contribution in [0.3, 0.4) is 0 Å². The number of benzene rings is 1. The van der Waals surface area contributed by atoms with Crippen molar-refractivity contribution in [3.8, 4) is 5.75 Å². The smallest absolute Gasteiger partial charge is 0.439 e. The molecule has 1 N–H and O–H groups in total. The van der Waals surface area contributed by atoms with E-state index in [1.165, 1.54) is 0 Å². The second-order valence-corrected chi connectivity index (χ2v) is 7.97. The lowest BCUT2D eigenvalue weighted by atomic mass is 9.76. The number of hydrazone groups is 1. The van der Waals surface area contributed by atoms with E-state index in [1.807, 2.05) is 26.0 Å². The number of amides is 1. The van der Waals surface area contributed by atoms with Crippen LogP contribution in [0.2, 0.25) is 0 Å². The van der Waals surface area contributed by atoms with Crippen molar-refractivity contribution in [2.45, 2.75) is 58.9 Å². The fourth-order valence-corrected chi connectivity index (χ4v) is 4.25. The van der Waals surface area contributed by atoms with E-state index in [-0.39, 0.29) is 23.1 Å².